The molecule has 23 heavy (non-hydrogen) atoms. The number of carbonyl (C=O) groups excluding carboxylic acids is 1. The molecule has 7 nitrogen and oxygen atoms in total. The van der Waals surface area contributed by atoms with Gasteiger partial charge in [0.1, 0.15) is 0 Å². The van der Waals surface area contributed by atoms with Crippen molar-refractivity contribution in [2.45, 2.75) is 19.8 Å². The molecule has 1 aliphatic heterocycles. The van der Waals surface area contributed by atoms with Crippen molar-refractivity contribution in [3.05, 3.63) is 36.3 Å². The first-order valence-corrected chi connectivity index (χ1v) is 7.73. The van der Waals surface area contributed by atoms with Crippen LogP contribution in [0.4, 0.5) is 11.6 Å². The molecule has 1 fully saturated rings. The summed E-state index contributed by atoms with van der Waals surface area (Å²) in [6, 6.07) is 3.35. The van der Waals surface area contributed by atoms with Crippen LogP contribution in [-0.4, -0.2) is 40.6 Å². The molecule has 0 bridgehead atoms. The zero-order valence-corrected chi connectivity index (χ0v) is 13.0. The summed E-state index contributed by atoms with van der Waals surface area (Å²) in [4.78, 5) is 27.0. The Labute approximate surface area is 134 Å². The van der Waals surface area contributed by atoms with E-state index in [0.29, 0.717) is 29.7 Å². The quantitative estimate of drug-likeness (QED) is 0.911. The van der Waals surface area contributed by atoms with Gasteiger partial charge >= 0.3 is 0 Å². The molecule has 2 aromatic heterocycles. The SMILES string of the molecule is CCOc1ccc(C(=O)Nc2cnc(N3CCCC3)nc2)cn1. The highest BCUT2D eigenvalue weighted by molar-refractivity contribution is 6.03. The molecule has 3 heterocycles. The minimum absolute atomic E-state index is 0.252. The number of anilines is 2. The van der Waals surface area contributed by atoms with E-state index in [1.165, 1.54) is 19.0 Å². The van der Waals surface area contributed by atoms with Gasteiger partial charge in [-0.2, -0.15) is 0 Å². The number of nitrogens with one attached hydrogen (secondary N) is 1. The number of hydrogen-bond donors (Lipinski definition) is 1. The van der Waals surface area contributed by atoms with E-state index in [1.807, 2.05) is 6.92 Å². The smallest absolute Gasteiger partial charge is 0.257 e. The Hall–Kier alpha value is -2.70. The summed E-state index contributed by atoms with van der Waals surface area (Å²) in [6.45, 7) is 4.40. The van der Waals surface area contributed by atoms with Crippen LogP contribution < -0.4 is 15.0 Å². The van der Waals surface area contributed by atoms with Gasteiger partial charge in [-0.15, -0.1) is 0 Å². The van der Waals surface area contributed by atoms with Gasteiger partial charge in [0.25, 0.3) is 5.91 Å². The van der Waals surface area contributed by atoms with E-state index >= 15 is 0 Å². The predicted molar refractivity (Wildman–Crippen MR) is 86.8 cm³/mol. The lowest BCUT2D eigenvalue weighted by molar-refractivity contribution is 0.102. The lowest BCUT2D eigenvalue weighted by Gasteiger charge is -2.14. The van der Waals surface area contributed by atoms with Gasteiger partial charge in [-0.05, 0) is 25.8 Å². The van der Waals surface area contributed by atoms with E-state index in [4.69, 9.17) is 4.74 Å². The Morgan fingerprint density at radius 2 is 1.91 bits per heavy atom. The van der Waals surface area contributed by atoms with Gasteiger partial charge in [0.05, 0.1) is 30.3 Å². The zero-order chi connectivity index (χ0) is 16.1. The lowest BCUT2D eigenvalue weighted by Crippen LogP contribution is -2.20. The van der Waals surface area contributed by atoms with Gasteiger partial charge < -0.3 is 15.0 Å². The maximum atomic E-state index is 12.2. The Bertz CT molecular complexity index is 651. The van der Waals surface area contributed by atoms with E-state index in [0.717, 1.165) is 13.1 Å². The van der Waals surface area contributed by atoms with Crippen LogP contribution in [0.1, 0.15) is 30.1 Å². The van der Waals surface area contributed by atoms with Crippen LogP contribution in [0, 0.1) is 0 Å². The molecule has 120 valence electrons. The third kappa shape index (κ3) is 3.74. The fourth-order valence-electron chi connectivity index (χ4n) is 2.42. The van der Waals surface area contributed by atoms with Crippen LogP contribution in [0.3, 0.4) is 0 Å². The molecule has 1 N–H and O–H groups in total. The number of carbonyl (C=O) groups is 1. The summed E-state index contributed by atoms with van der Waals surface area (Å²) in [5.74, 6) is 0.962. The van der Waals surface area contributed by atoms with Crippen molar-refractivity contribution in [3.63, 3.8) is 0 Å². The predicted octanol–water partition coefficient (Wildman–Crippen LogP) is 2.12. The zero-order valence-electron chi connectivity index (χ0n) is 13.0. The molecule has 2 aromatic rings. The summed E-state index contributed by atoms with van der Waals surface area (Å²) in [5.41, 5.74) is 1.02. The maximum absolute atomic E-state index is 12.2. The molecule has 0 radical (unpaired) electrons. The van der Waals surface area contributed by atoms with E-state index in [1.54, 1.807) is 24.5 Å². The summed E-state index contributed by atoms with van der Waals surface area (Å²) in [6.07, 6.45) is 7.08. The van der Waals surface area contributed by atoms with Crippen LogP contribution in [0.2, 0.25) is 0 Å². The normalized spacial score (nSPS) is 13.9. The Morgan fingerprint density at radius 3 is 2.52 bits per heavy atom. The largest absolute Gasteiger partial charge is 0.478 e. The molecule has 1 amide bonds. The second-order valence-corrected chi connectivity index (χ2v) is 5.24. The molecular weight excluding hydrogens is 294 g/mol. The van der Waals surface area contributed by atoms with Crippen LogP contribution in [-0.2, 0) is 0 Å². The first-order chi connectivity index (χ1) is 11.3. The highest BCUT2D eigenvalue weighted by atomic mass is 16.5. The number of pyridine rings is 1. The summed E-state index contributed by atoms with van der Waals surface area (Å²) in [7, 11) is 0. The Morgan fingerprint density at radius 1 is 1.17 bits per heavy atom. The summed E-state index contributed by atoms with van der Waals surface area (Å²) in [5, 5.41) is 2.76. The summed E-state index contributed by atoms with van der Waals surface area (Å²) >= 11 is 0. The highest BCUT2D eigenvalue weighted by Gasteiger charge is 2.15. The van der Waals surface area contributed by atoms with E-state index in [-0.39, 0.29) is 5.91 Å². The van der Waals surface area contributed by atoms with Crippen molar-refractivity contribution >= 4 is 17.5 Å². The fraction of sp³-hybridized carbons (Fsp3) is 0.375. The van der Waals surface area contributed by atoms with Crippen LogP contribution in [0.15, 0.2) is 30.7 Å². The third-order valence-corrected chi connectivity index (χ3v) is 3.58. The van der Waals surface area contributed by atoms with Crippen molar-refractivity contribution in [2.24, 2.45) is 0 Å². The second kappa shape index (κ2) is 7.04. The average molecular weight is 313 g/mol. The molecular formula is C16H19N5O2. The monoisotopic (exact) mass is 313 g/mol. The second-order valence-electron chi connectivity index (χ2n) is 5.24. The van der Waals surface area contributed by atoms with Crippen molar-refractivity contribution in [1.82, 2.24) is 15.0 Å². The van der Waals surface area contributed by atoms with E-state index in [2.05, 4.69) is 25.2 Å². The van der Waals surface area contributed by atoms with Gasteiger partial charge in [-0.1, -0.05) is 0 Å². The number of rotatable bonds is 5. The topological polar surface area (TPSA) is 80.2 Å². The number of ether oxygens (including phenoxy) is 1. The Balaban J connectivity index is 1.62. The standard InChI is InChI=1S/C16H19N5O2/c1-2-23-14-6-5-12(9-17-14)15(22)20-13-10-18-16(19-11-13)21-7-3-4-8-21/h5-6,9-11H,2-4,7-8H2,1H3,(H,20,22). The maximum Gasteiger partial charge on any atom is 0.257 e. The van der Waals surface area contributed by atoms with Gasteiger partial charge in [-0.3, -0.25) is 4.79 Å². The minimum atomic E-state index is -0.252. The third-order valence-electron chi connectivity index (χ3n) is 3.58. The molecule has 0 spiro atoms. The number of aromatic nitrogens is 3. The molecule has 0 atom stereocenters. The number of hydrogen-bond acceptors (Lipinski definition) is 6. The molecule has 7 heteroatoms. The van der Waals surface area contributed by atoms with Crippen LogP contribution in [0.5, 0.6) is 5.88 Å². The van der Waals surface area contributed by atoms with E-state index < -0.39 is 0 Å². The molecule has 0 aromatic carbocycles. The van der Waals surface area contributed by atoms with Gasteiger partial charge in [-0.25, -0.2) is 15.0 Å². The van der Waals surface area contributed by atoms with Gasteiger partial charge in [0, 0.05) is 25.4 Å². The van der Waals surface area contributed by atoms with Crippen molar-refractivity contribution in [2.75, 3.05) is 29.9 Å². The Kier molecular flexibility index (Phi) is 4.65. The number of nitrogens with zero attached hydrogens (tertiary/aromatic N) is 4. The summed E-state index contributed by atoms with van der Waals surface area (Å²) < 4.78 is 5.25. The average Bonchev–Trinajstić information content (AvgIpc) is 3.11. The first kappa shape index (κ1) is 15.2. The first-order valence-electron chi connectivity index (χ1n) is 7.73. The van der Waals surface area contributed by atoms with Crippen molar-refractivity contribution in [3.8, 4) is 5.88 Å². The number of amides is 1. The van der Waals surface area contributed by atoms with Crippen LogP contribution >= 0.6 is 0 Å². The van der Waals surface area contributed by atoms with Gasteiger partial charge in [0.15, 0.2) is 0 Å². The molecule has 1 aliphatic rings. The van der Waals surface area contributed by atoms with E-state index in [9.17, 15) is 4.79 Å². The molecule has 0 unspecified atom stereocenters. The molecule has 1 saturated heterocycles. The molecule has 0 saturated carbocycles. The molecule has 3 rings (SSSR count). The van der Waals surface area contributed by atoms with Crippen molar-refractivity contribution < 1.29 is 9.53 Å². The molecule has 0 aliphatic carbocycles. The highest BCUT2D eigenvalue weighted by Crippen LogP contribution is 2.16. The van der Waals surface area contributed by atoms with Gasteiger partial charge in [0.2, 0.25) is 11.8 Å². The lowest BCUT2D eigenvalue weighted by atomic mass is 10.2. The minimum Gasteiger partial charge on any atom is -0.478 e. The van der Waals surface area contributed by atoms with Crippen LogP contribution in [0.25, 0.3) is 0 Å². The van der Waals surface area contributed by atoms with Crippen molar-refractivity contribution in [1.29, 1.82) is 0 Å². The fourth-order valence-corrected chi connectivity index (χ4v) is 2.42.